The van der Waals surface area contributed by atoms with Crippen molar-refractivity contribution in [3.05, 3.63) is 0 Å². The summed E-state index contributed by atoms with van der Waals surface area (Å²) in [5.74, 6) is 0. The molecule has 0 aromatic heterocycles. The molecule has 1 rings (SSSR count). The summed E-state index contributed by atoms with van der Waals surface area (Å²) >= 11 is 0. The summed E-state index contributed by atoms with van der Waals surface area (Å²) in [5.41, 5.74) is 5.40. The average Bonchev–Trinajstić information content (AvgIpc) is 1.99. The fourth-order valence-electron chi connectivity index (χ4n) is 2.74. The lowest BCUT2D eigenvalue weighted by Gasteiger charge is -2.55. The summed E-state index contributed by atoms with van der Waals surface area (Å²) in [6, 6.07) is 2.26. The van der Waals surface area contributed by atoms with Gasteiger partial charge in [0.25, 0.3) is 0 Å². The maximum atomic E-state index is 9.11. The van der Waals surface area contributed by atoms with Crippen LogP contribution in [0.3, 0.4) is 0 Å². The van der Waals surface area contributed by atoms with Crippen LogP contribution in [-0.4, -0.2) is 28.6 Å². The predicted molar refractivity (Wildman–Crippen MR) is 57.7 cm³/mol. The van der Waals surface area contributed by atoms with Crippen molar-refractivity contribution in [3.63, 3.8) is 0 Å². The van der Waals surface area contributed by atoms with Crippen LogP contribution < -0.4 is 5.73 Å². The number of nitriles is 1. The molecular formula is C11H21N3. The first kappa shape index (κ1) is 11.5. The van der Waals surface area contributed by atoms with Crippen molar-refractivity contribution in [2.24, 2.45) is 5.73 Å². The Morgan fingerprint density at radius 1 is 1.14 bits per heavy atom. The molecule has 1 aliphatic rings. The molecule has 2 N–H and O–H groups in total. The van der Waals surface area contributed by atoms with Crippen LogP contribution in [0, 0.1) is 11.3 Å². The molecule has 1 heterocycles. The molecule has 0 aromatic rings. The molecule has 0 aliphatic carbocycles. The summed E-state index contributed by atoms with van der Waals surface area (Å²) in [7, 11) is 2.11. The first-order chi connectivity index (χ1) is 6.13. The topological polar surface area (TPSA) is 53.0 Å². The van der Waals surface area contributed by atoms with Crippen LogP contribution in [0.15, 0.2) is 0 Å². The molecule has 1 fully saturated rings. The molecule has 0 spiro atoms. The second kappa shape index (κ2) is 2.95. The normalized spacial score (nSPS) is 29.5. The summed E-state index contributed by atoms with van der Waals surface area (Å²) in [6.45, 7) is 8.58. The maximum Gasteiger partial charge on any atom is 0.107 e. The summed E-state index contributed by atoms with van der Waals surface area (Å²) in [6.07, 6.45) is 1.47. The summed E-state index contributed by atoms with van der Waals surface area (Å²) < 4.78 is 0. The lowest BCUT2D eigenvalue weighted by molar-refractivity contribution is -0.0262. The van der Waals surface area contributed by atoms with Gasteiger partial charge in [-0.05, 0) is 47.6 Å². The van der Waals surface area contributed by atoms with Crippen LogP contribution in [0.2, 0.25) is 0 Å². The summed E-state index contributed by atoms with van der Waals surface area (Å²) in [5, 5.41) is 9.11. The quantitative estimate of drug-likeness (QED) is 0.637. The fourth-order valence-corrected chi connectivity index (χ4v) is 2.74. The Labute approximate surface area is 86.9 Å². The van der Waals surface area contributed by atoms with E-state index in [-0.39, 0.29) is 11.1 Å². The Bertz CT molecular complexity index is 255. The van der Waals surface area contributed by atoms with Gasteiger partial charge < -0.3 is 5.73 Å². The minimum atomic E-state index is -0.667. The Morgan fingerprint density at radius 2 is 1.50 bits per heavy atom. The van der Waals surface area contributed by atoms with E-state index < -0.39 is 5.54 Å². The Hall–Kier alpha value is -0.590. The van der Waals surface area contributed by atoms with Crippen molar-refractivity contribution in [3.8, 4) is 6.07 Å². The smallest absolute Gasteiger partial charge is 0.107 e. The first-order valence-corrected chi connectivity index (χ1v) is 5.07. The molecule has 0 bridgehead atoms. The largest absolute Gasteiger partial charge is 0.313 e. The van der Waals surface area contributed by atoms with Crippen LogP contribution in [-0.2, 0) is 0 Å². The lowest BCUT2D eigenvalue weighted by Crippen LogP contribution is -2.66. The minimum Gasteiger partial charge on any atom is -0.313 e. The predicted octanol–water partition coefficient (Wildman–Crippen LogP) is 1.49. The van der Waals surface area contributed by atoms with E-state index in [9.17, 15) is 0 Å². The van der Waals surface area contributed by atoms with Crippen molar-refractivity contribution < 1.29 is 0 Å². The highest BCUT2D eigenvalue weighted by atomic mass is 15.2. The highest BCUT2D eigenvalue weighted by Gasteiger charge is 2.49. The van der Waals surface area contributed by atoms with Crippen molar-refractivity contribution in [1.29, 1.82) is 5.26 Å². The zero-order valence-corrected chi connectivity index (χ0v) is 9.89. The number of nitrogens with zero attached hydrogens (tertiary/aromatic N) is 2. The van der Waals surface area contributed by atoms with Gasteiger partial charge in [0, 0.05) is 11.1 Å². The van der Waals surface area contributed by atoms with E-state index in [0.717, 1.165) is 12.8 Å². The van der Waals surface area contributed by atoms with Crippen LogP contribution in [0.1, 0.15) is 40.5 Å². The van der Waals surface area contributed by atoms with Crippen molar-refractivity contribution in [1.82, 2.24) is 4.90 Å². The van der Waals surface area contributed by atoms with Gasteiger partial charge in [-0.15, -0.1) is 0 Å². The van der Waals surface area contributed by atoms with Gasteiger partial charge in [0.1, 0.15) is 5.54 Å². The number of rotatable bonds is 0. The van der Waals surface area contributed by atoms with Gasteiger partial charge in [0.05, 0.1) is 6.07 Å². The molecule has 0 radical (unpaired) electrons. The third kappa shape index (κ3) is 1.77. The Balaban J connectivity index is 3.05. The first-order valence-electron chi connectivity index (χ1n) is 5.07. The maximum absolute atomic E-state index is 9.11. The molecule has 14 heavy (non-hydrogen) atoms. The van der Waals surface area contributed by atoms with E-state index in [1.807, 2.05) is 0 Å². The molecule has 1 saturated heterocycles. The highest BCUT2D eigenvalue weighted by Crippen LogP contribution is 2.40. The van der Waals surface area contributed by atoms with E-state index >= 15 is 0 Å². The van der Waals surface area contributed by atoms with Crippen LogP contribution in [0.4, 0.5) is 0 Å². The van der Waals surface area contributed by atoms with Gasteiger partial charge >= 0.3 is 0 Å². The van der Waals surface area contributed by atoms with E-state index in [1.165, 1.54) is 0 Å². The number of hydrogen-bond donors (Lipinski definition) is 1. The SMILES string of the molecule is CN1C(C)(C)CC(N)(C#N)CC1(C)C. The standard InChI is InChI=1S/C11H21N3/c1-9(2)6-11(13,8-12)7-10(3,4)14(9)5/h6-7,13H2,1-5H3. The molecule has 3 nitrogen and oxygen atoms in total. The number of hydrogen-bond acceptors (Lipinski definition) is 3. The molecule has 1 aliphatic heterocycles. The van der Waals surface area contributed by atoms with Gasteiger partial charge in [-0.2, -0.15) is 5.26 Å². The third-order valence-electron chi connectivity index (χ3n) is 3.53. The molecule has 0 saturated carbocycles. The van der Waals surface area contributed by atoms with E-state index in [0.29, 0.717) is 0 Å². The molecule has 80 valence electrons. The minimum absolute atomic E-state index is 0.00771. The van der Waals surface area contributed by atoms with Gasteiger partial charge in [-0.25, -0.2) is 0 Å². The highest BCUT2D eigenvalue weighted by molar-refractivity contribution is 5.16. The average molecular weight is 195 g/mol. The van der Waals surface area contributed by atoms with Crippen LogP contribution >= 0.6 is 0 Å². The third-order valence-corrected chi connectivity index (χ3v) is 3.53. The molecule has 0 amide bonds. The van der Waals surface area contributed by atoms with E-state index in [4.69, 9.17) is 11.0 Å². The van der Waals surface area contributed by atoms with Crippen molar-refractivity contribution in [2.45, 2.75) is 57.2 Å². The molecule has 0 atom stereocenters. The van der Waals surface area contributed by atoms with Gasteiger partial charge in [0.15, 0.2) is 0 Å². The van der Waals surface area contributed by atoms with Gasteiger partial charge in [-0.1, -0.05) is 0 Å². The van der Waals surface area contributed by atoms with Gasteiger partial charge in [-0.3, -0.25) is 4.90 Å². The van der Waals surface area contributed by atoms with Gasteiger partial charge in [0.2, 0.25) is 0 Å². The second-order valence-corrected chi connectivity index (χ2v) is 5.81. The lowest BCUT2D eigenvalue weighted by atomic mass is 9.70. The van der Waals surface area contributed by atoms with Crippen molar-refractivity contribution in [2.75, 3.05) is 7.05 Å². The number of piperidine rings is 1. The zero-order valence-electron chi connectivity index (χ0n) is 9.89. The second-order valence-electron chi connectivity index (χ2n) is 5.81. The zero-order chi connectivity index (χ0) is 11.2. The molecule has 3 heteroatoms. The molecule has 0 aromatic carbocycles. The number of likely N-dealkylation sites (tertiary alicyclic amines) is 1. The summed E-state index contributed by atoms with van der Waals surface area (Å²) in [4.78, 5) is 2.32. The van der Waals surface area contributed by atoms with E-state index in [1.54, 1.807) is 0 Å². The molecular weight excluding hydrogens is 174 g/mol. The van der Waals surface area contributed by atoms with Crippen LogP contribution in [0.25, 0.3) is 0 Å². The van der Waals surface area contributed by atoms with Crippen LogP contribution in [0.5, 0.6) is 0 Å². The number of nitrogens with two attached hydrogens (primary N) is 1. The van der Waals surface area contributed by atoms with Crippen molar-refractivity contribution >= 4 is 0 Å². The molecule has 0 unspecified atom stereocenters. The Morgan fingerprint density at radius 3 is 1.79 bits per heavy atom. The monoisotopic (exact) mass is 195 g/mol. The Kier molecular flexibility index (Phi) is 2.42. The van der Waals surface area contributed by atoms with E-state index in [2.05, 4.69) is 45.7 Å². The fraction of sp³-hybridized carbons (Fsp3) is 0.909.